The number of amides is 1. The number of benzene rings is 1. The molecule has 1 atom stereocenters. The maximum absolute atomic E-state index is 13.0. The van der Waals surface area contributed by atoms with E-state index in [1.54, 1.807) is 12.1 Å². The van der Waals surface area contributed by atoms with Crippen molar-refractivity contribution in [2.24, 2.45) is 7.05 Å². The first-order chi connectivity index (χ1) is 11.3. The molecule has 24 heavy (non-hydrogen) atoms. The second-order valence-electron chi connectivity index (χ2n) is 5.79. The molecule has 0 saturated heterocycles. The van der Waals surface area contributed by atoms with Crippen LogP contribution in [0.3, 0.4) is 0 Å². The highest BCUT2D eigenvalue weighted by molar-refractivity contribution is 5.82. The Labute approximate surface area is 136 Å². The summed E-state index contributed by atoms with van der Waals surface area (Å²) in [5.41, 5.74) is -0.0988. The minimum Gasteiger partial charge on any atom is -0.480 e. The van der Waals surface area contributed by atoms with E-state index in [2.05, 4.69) is 5.10 Å². The van der Waals surface area contributed by atoms with Crippen LogP contribution in [0.4, 0.5) is 13.2 Å². The zero-order valence-corrected chi connectivity index (χ0v) is 13.2. The lowest BCUT2D eigenvalue weighted by atomic mass is 10.1. The molecule has 1 aliphatic rings. The molecule has 2 heterocycles. The monoisotopic (exact) mass is 339 g/mol. The van der Waals surface area contributed by atoms with Gasteiger partial charge in [0.05, 0.1) is 0 Å². The summed E-state index contributed by atoms with van der Waals surface area (Å²) in [5.74, 6) is 0.282. The Balaban J connectivity index is 1.72. The largest absolute Gasteiger partial charge is 0.480 e. The zero-order valence-electron chi connectivity index (χ0n) is 13.2. The van der Waals surface area contributed by atoms with Crippen LogP contribution in [0.25, 0.3) is 0 Å². The van der Waals surface area contributed by atoms with Crippen molar-refractivity contribution < 1.29 is 22.7 Å². The molecule has 0 bridgehead atoms. The fraction of sp³-hybridized carbons (Fsp3) is 0.375. The lowest BCUT2D eigenvalue weighted by molar-refractivity contribution is -0.143. The fourth-order valence-electron chi connectivity index (χ4n) is 2.79. The second-order valence-corrected chi connectivity index (χ2v) is 5.79. The molecule has 128 valence electrons. The van der Waals surface area contributed by atoms with Crippen molar-refractivity contribution in [3.05, 3.63) is 47.3 Å². The number of hydrogen-bond donors (Lipinski definition) is 0. The van der Waals surface area contributed by atoms with Gasteiger partial charge in [0.1, 0.15) is 5.75 Å². The van der Waals surface area contributed by atoms with E-state index in [-0.39, 0.29) is 18.0 Å². The number of alkyl halides is 3. The molecule has 0 spiro atoms. The maximum atomic E-state index is 13.0. The van der Waals surface area contributed by atoms with Gasteiger partial charge in [0.25, 0.3) is 5.91 Å². The molecular weight excluding hydrogens is 323 g/mol. The van der Waals surface area contributed by atoms with Gasteiger partial charge in [-0.1, -0.05) is 18.2 Å². The summed E-state index contributed by atoms with van der Waals surface area (Å²) < 4.78 is 45.7. The summed E-state index contributed by atoms with van der Waals surface area (Å²) in [6.45, 7) is -0.183. The van der Waals surface area contributed by atoms with Crippen molar-refractivity contribution in [2.75, 3.05) is 7.05 Å². The van der Waals surface area contributed by atoms with Gasteiger partial charge in [-0.25, -0.2) is 0 Å². The smallest absolute Gasteiger partial charge is 0.435 e. The third-order valence-corrected chi connectivity index (χ3v) is 3.88. The molecular formula is C16H16F3N3O2. The number of carbonyl (C=O) groups is 1. The molecule has 0 unspecified atom stereocenters. The topological polar surface area (TPSA) is 47.4 Å². The van der Waals surface area contributed by atoms with E-state index in [0.29, 0.717) is 12.2 Å². The predicted octanol–water partition coefficient (Wildman–Crippen LogP) is 2.40. The molecule has 0 saturated carbocycles. The summed E-state index contributed by atoms with van der Waals surface area (Å²) >= 11 is 0. The highest BCUT2D eigenvalue weighted by Gasteiger charge is 2.38. The number of rotatable bonds is 3. The number of ether oxygens (including phenoxy) is 1. The number of fused-ring (bicyclic) bond motifs is 1. The molecule has 2 aromatic rings. The summed E-state index contributed by atoms with van der Waals surface area (Å²) in [5, 5.41) is 3.45. The average molecular weight is 339 g/mol. The van der Waals surface area contributed by atoms with Gasteiger partial charge in [0.2, 0.25) is 0 Å². The molecule has 0 N–H and O–H groups in total. The van der Waals surface area contributed by atoms with Crippen LogP contribution in [-0.2, 0) is 31.0 Å². The van der Waals surface area contributed by atoms with Gasteiger partial charge < -0.3 is 9.64 Å². The number of carbonyl (C=O) groups excluding carboxylic acids is 1. The van der Waals surface area contributed by atoms with E-state index in [0.717, 1.165) is 10.2 Å². The Bertz CT molecular complexity index is 745. The Morgan fingerprint density at radius 1 is 1.42 bits per heavy atom. The Morgan fingerprint density at radius 3 is 2.79 bits per heavy atom. The van der Waals surface area contributed by atoms with Crippen molar-refractivity contribution in [1.82, 2.24) is 14.7 Å². The number of para-hydroxylation sites is 1. The van der Waals surface area contributed by atoms with Crippen molar-refractivity contribution in [1.29, 1.82) is 0 Å². The van der Waals surface area contributed by atoms with Crippen molar-refractivity contribution in [2.45, 2.75) is 25.2 Å². The lowest BCUT2D eigenvalue weighted by Crippen LogP contribution is -2.38. The first-order valence-corrected chi connectivity index (χ1v) is 7.35. The highest BCUT2D eigenvalue weighted by atomic mass is 19.4. The van der Waals surface area contributed by atoms with Gasteiger partial charge in [-0.3, -0.25) is 9.48 Å². The van der Waals surface area contributed by atoms with Gasteiger partial charge in [0.15, 0.2) is 11.8 Å². The van der Waals surface area contributed by atoms with Crippen LogP contribution in [0.15, 0.2) is 30.5 Å². The van der Waals surface area contributed by atoms with E-state index in [9.17, 15) is 18.0 Å². The summed E-state index contributed by atoms with van der Waals surface area (Å²) in [4.78, 5) is 13.7. The number of aromatic nitrogens is 2. The minimum absolute atomic E-state index is 0.0450. The second kappa shape index (κ2) is 5.85. The first kappa shape index (κ1) is 16.4. The molecule has 0 aliphatic carbocycles. The predicted molar refractivity (Wildman–Crippen MR) is 79.2 cm³/mol. The minimum atomic E-state index is -4.55. The Morgan fingerprint density at radius 2 is 2.12 bits per heavy atom. The van der Waals surface area contributed by atoms with Gasteiger partial charge >= 0.3 is 6.18 Å². The third kappa shape index (κ3) is 3.08. The fourth-order valence-corrected chi connectivity index (χ4v) is 2.79. The molecule has 0 radical (unpaired) electrons. The van der Waals surface area contributed by atoms with Crippen LogP contribution in [0.2, 0.25) is 0 Å². The molecule has 1 amide bonds. The van der Waals surface area contributed by atoms with Crippen molar-refractivity contribution in [3.8, 4) is 5.75 Å². The first-order valence-electron chi connectivity index (χ1n) is 7.35. The summed E-state index contributed by atoms with van der Waals surface area (Å²) in [6, 6.07) is 7.29. The van der Waals surface area contributed by atoms with Crippen molar-refractivity contribution in [3.63, 3.8) is 0 Å². The molecule has 1 aromatic heterocycles. The van der Waals surface area contributed by atoms with E-state index < -0.39 is 18.0 Å². The van der Waals surface area contributed by atoms with Crippen LogP contribution in [0.5, 0.6) is 5.75 Å². The van der Waals surface area contributed by atoms with Gasteiger partial charge in [-0.15, -0.1) is 0 Å². The average Bonchev–Trinajstić information content (AvgIpc) is 3.09. The van der Waals surface area contributed by atoms with Crippen LogP contribution in [0.1, 0.15) is 16.8 Å². The van der Waals surface area contributed by atoms with Crippen LogP contribution in [-0.4, -0.2) is 33.7 Å². The number of nitrogens with zero attached hydrogens (tertiary/aromatic N) is 3. The molecule has 0 fully saturated rings. The normalized spacial score (nSPS) is 16.6. The SMILES string of the molecule is CN(Cc1cn(C)nc1C(F)(F)F)C(=O)[C@H]1Cc2ccccc2O1. The lowest BCUT2D eigenvalue weighted by Gasteiger charge is -2.21. The van der Waals surface area contributed by atoms with E-state index >= 15 is 0 Å². The molecule has 1 aliphatic heterocycles. The summed E-state index contributed by atoms with van der Waals surface area (Å²) in [6.07, 6.45) is -3.57. The van der Waals surface area contributed by atoms with Gasteiger partial charge in [-0.05, 0) is 11.6 Å². The molecule has 3 rings (SSSR count). The quantitative estimate of drug-likeness (QED) is 0.863. The standard InChI is InChI=1S/C16H16F3N3O2/c1-21(8-11-9-22(2)20-14(11)16(17,18)19)15(23)13-7-10-5-3-4-6-12(10)24-13/h3-6,9,13H,7-8H2,1-2H3/t13-/m1/s1. The summed E-state index contributed by atoms with van der Waals surface area (Å²) in [7, 11) is 2.87. The molecule has 8 heteroatoms. The number of likely N-dealkylation sites (N-methyl/N-ethyl adjacent to an activating group) is 1. The number of aryl methyl sites for hydroxylation is 1. The molecule has 1 aromatic carbocycles. The highest BCUT2D eigenvalue weighted by Crippen LogP contribution is 2.32. The van der Waals surface area contributed by atoms with Crippen LogP contribution >= 0.6 is 0 Å². The third-order valence-electron chi connectivity index (χ3n) is 3.88. The van der Waals surface area contributed by atoms with Crippen molar-refractivity contribution >= 4 is 5.91 Å². The number of hydrogen-bond acceptors (Lipinski definition) is 3. The van der Waals surface area contributed by atoms with Crippen LogP contribution in [0, 0.1) is 0 Å². The van der Waals surface area contributed by atoms with E-state index in [1.807, 2.05) is 12.1 Å². The maximum Gasteiger partial charge on any atom is 0.435 e. The van der Waals surface area contributed by atoms with Gasteiger partial charge in [-0.2, -0.15) is 18.3 Å². The van der Waals surface area contributed by atoms with E-state index in [4.69, 9.17) is 4.74 Å². The van der Waals surface area contributed by atoms with E-state index in [1.165, 1.54) is 25.2 Å². The Hall–Kier alpha value is -2.51. The number of halogens is 3. The Kier molecular flexibility index (Phi) is 3.98. The zero-order chi connectivity index (χ0) is 17.5. The molecule has 5 nitrogen and oxygen atoms in total. The van der Waals surface area contributed by atoms with Crippen LogP contribution < -0.4 is 4.74 Å². The van der Waals surface area contributed by atoms with Gasteiger partial charge in [0, 0.05) is 38.8 Å².